The number of halogens is 3. The monoisotopic (exact) mass is 402 g/mol. The molecule has 0 fully saturated rings. The van der Waals surface area contributed by atoms with E-state index in [4.69, 9.17) is 4.74 Å². The molecule has 0 radical (unpaired) electrons. The highest BCUT2D eigenvalue weighted by atomic mass is 79.9. The van der Waals surface area contributed by atoms with Crippen LogP contribution in [0.5, 0.6) is 5.75 Å². The molecule has 2 nitrogen and oxygen atoms in total. The summed E-state index contributed by atoms with van der Waals surface area (Å²) in [5.74, 6) is 0.168. The lowest BCUT2D eigenvalue weighted by atomic mass is 9.99. The van der Waals surface area contributed by atoms with Gasteiger partial charge < -0.3 is 9.84 Å². The average Bonchev–Trinajstić information content (AvgIpc) is 2.43. The Morgan fingerprint density at radius 1 is 1.10 bits per heavy atom. The Morgan fingerprint density at radius 2 is 1.80 bits per heavy atom. The molecular weight excluding hydrogens is 391 g/mol. The Balaban J connectivity index is 2.55. The minimum Gasteiger partial charge on any atom is -0.496 e. The number of aliphatic hydroxyl groups excluding tert-OH is 1. The first kappa shape index (κ1) is 15.5. The Labute approximate surface area is 133 Å². The zero-order valence-corrected chi connectivity index (χ0v) is 14.1. The number of benzene rings is 2. The van der Waals surface area contributed by atoms with Crippen LogP contribution >= 0.6 is 31.9 Å². The molecule has 0 aliphatic carbocycles. The highest BCUT2D eigenvalue weighted by Crippen LogP contribution is 2.36. The lowest BCUT2D eigenvalue weighted by Crippen LogP contribution is -2.04. The van der Waals surface area contributed by atoms with E-state index in [1.165, 1.54) is 12.1 Å². The molecule has 0 aliphatic rings. The van der Waals surface area contributed by atoms with Crippen LogP contribution in [0.25, 0.3) is 0 Å². The number of methoxy groups -OCH3 is 1. The standard InChI is InChI=1S/C15H13Br2FO2/c1-8-5-14(20-2)11(7-13(8)17)15(19)10-6-9(18)3-4-12(10)16/h3-7,15,19H,1-2H3. The van der Waals surface area contributed by atoms with E-state index < -0.39 is 11.9 Å². The maximum atomic E-state index is 13.4. The van der Waals surface area contributed by atoms with Crippen molar-refractivity contribution < 1.29 is 14.2 Å². The van der Waals surface area contributed by atoms with Gasteiger partial charge >= 0.3 is 0 Å². The fourth-order valence-electron chi connectivity index (χ4n) is 1.95. The molecule has 0 aliphatic heterocycles. The maximum absolute atomic E-state index is 13.4. The predicted molar refractivity (Wildman–Crippen MR) is 83.6 cm³/mol. The van der Waals surface area contributed by atoms with Gasteiger partial charge in [-0.2, -0.15) is 0 Å². The normalized spacial score (nSPS) is 12.3. The van der Waals surface area contributed by atoms with Crippen LogP contribution in [0.1, 0.15) is 22.8 Å². The van der Waals surface area contributed by atoms with Crippen LogP contribution in [0, 0.1) is 12.7 Å². The summed E-state index contributed by atoms with van der Waals surface area (Å²) >= 11 is 6.76. The minimum absolute atomic E-state index is 0.396. The Kier molecular flexibility index (Phi) is 4.83. The summed E-state index contributed by atoms with van der Waals surface area (Å²) in [6.07, 6.45) is -0.980. The number of hydrogen-bond donors (Lipinski definition) is 1. The van der Waals surface area contributed by atoms with Gasteiger partial charge in [-0.1, -0.05) is 31.9 Å². The Bertz CT molecular complexity index is 644. The van der Waals surface area contributed by atoms with Crippen LogP contribution in [0.15, 0.2) is 39.3 Å². The van der Waals surface area contributed by atoms with Gasteiger partial charge in [-0.3, -0.25) is 0 Å². The molecule has 1 unspecified atom stereocenters. The second-order valence-electron chi connectivity index (χ2n) is 4.41. The third-order valence-corrected chi connectivity index (χ3v) is 4.63. The van der Waals surface area contributed by atoms with Crippen molar-refractivity contribution in [3.8, 4) is 5.75 Å². The molecule has 0 spiro atoms. The van der Waals surface area contributed by atoms with E-state index in [0.29, 0.717) is 21.3 Å². The van der Waals surface area contributed by atoms with E-state index in [1.807, 2.05) is 13.0 Å². The number of hydrogen-bond acceptors (Lipinski definition) is 2. The molecule has 106 valence electrons. The molecule has 1 N–H and O–H groups in total. The van der Waals surface area contributed by atoms with Crippen molar-refractivity contribution in [2.45, 2.75) is 13.0 Å². The third-order valence-electron chi connectivity index (χ3n) is 3.06. The Hall–Kier alpha value is -0.910. The van der Waals surface area contributed by atoms with E-state index in [1.54, 1.807) is 19.2 Å². The van der Waals surface area contributed by atoms with Crippen molar-refractivity contribution in [1.29, 1.82) is 0 Å². The molecule has 0 saturated heterocycles. The maximum Gasteiger partial charge on any atom is 0.125 e. The molecule has 1 atom stereocenters. The number of aryl methyl sites for hydroxylation is 1. The second kappa shape index (κ2) is 6.24. The topological polar surface area (TPSA) is 29.5 Å². The van der Waals surface area contributed by atoms with Gasteiger partial charge in [0.15, 0.2) is 0 Å². The van der Waals surface area contributed by atoms with E-state index in [-0.39, 0.29) is 0 Å². The van der Waals surface area contributed by atoms with Gasteiger partial charge in [0.1, 0.15) is 17.7 Å². The minimum atomic E-state index is -0.980. The molecule has 0 heterocycles. The summed E-state index contributed by atoms with van der Waals surface area (Å²) in [5, 5.41) is 10.5. The van der Waals surface area contributed by atoms with Crippen LogP contribution in [0.4, 0.5) is 4.39 Å². The molecule has 0 amide bonds. The van der Waals surface area contributed by atoms with Gasteiger partial charge in [0.25, 0.3) is 0 Å². The van der Waals surface area contributed by atoms with Gasteiger partial charge in [-0.15, -0.1) is 0 Å². The first-order valence-electron chi connectivity index (χ1n) is 5.91. The third kappa shape index (κ3) is 3.05. The quantitative estimate of drug-likeness (QED) is 0.801. The van der Waals surface area contributed by atoms with Gasteiger partial charge in [-0.05, 0) is 42.8 Å². The zero-order valence-electron chi connectivity index (χ0n) is 11.0. The second-order valence-corrected chi connectivity index (χ2v) is 6.12. The SMILES string of the molecule is COc1cc(C)c(Br)cc1C(O)c1cc(F)ccc1Br. The molecule has 20 heavy (non-hydrogen) atoms. The fraction of sp³-hybridized carbons (Fsp3) is 0.200. The lowest BCUT2D eigenvalue weighted by Gasteiger charge is -2.18. The van der Waals surface area contributed by atoms with Crippen molar-refractivity contribution in [3.63, 3.8) is 0 Å². The molecule has 0 bridgehead atoms. The van der Waals surface area contributed by atoms with Crippen LogP contribution < -0.4 is 4.74 Å². The highest BCUT2D eigenvalue weighted by molar-refractivity contribution is 9.10. The summed E-state index contributed by atoms with van der Waals surface area (Å²) in [6, 6.07) is 7.83. The first-order valence-corrected chi connectivity index (χ1v) is 7.49. The fourth-order valence-corrected chi connectivity index (χ4v) is 2.78. The summed E-state index contributed by atoms with van der Waals surface area (Å²) in [6.45, 7) is 1.93. The van der Waals surface area contributed by atoms with Gasteiger partial charge in [0, 0.05) is 20.1 Å². The smallest absolute Gasteiger partial charge is 0.125 e. The molecule has 5 heteroatoms. The van der Waals surface area contributed by atoms with Crippen LogP contribution in [-0.4, -0.2) is 12.2 Å². The number of ether oxygens (including phenoxy) is 1. The summed E-state index contributed by atoms with van der Waals surface area (Å²) < 4.78 is 20.2. The predicted octanol–water partition coefficient (Wildman–Crippen LogP) is 4.75. The molecule has 0 saturated carbocycles. The van der Waals surface area contributed by atoms with E-state index in [9.17, 15) is 9.50 Å². The molecule has 2 aromatic rings. The summed E-state index contributed by atoms with van der Waals surface area (Å²) in [7, 11) is 1.54. The van der Waals surface area contributed by atoms with Gasteiger partial charge in [-0.25, -0.2) is 4.39 Å². The van der Waals surface area contributed by atoms with Gasteiger partial charge in [0.2, 0.25) is 0 Å². The van der Waals surface area contributed by atoms with Crippen molar-refractivity contribution in [1.82, 2.24) is 0 Å². The van der Waals surface area contributed by atoms with Crippen LogP contribution in [0.3, 0.4) is 0 Å². The molecule has 0 aromatic heterocycles. The van der Waals surface area contributed by atoms with Crippen molar-refractivity contribution >= 4 is 31.9 Å². The largest absolute Gasteiger partial charge is 0.496 e. The number of rotatable bonds is 3. The lowest BCUT2D eigenvalue weighted by molar-refractivity contribution is 0.213. The molecule has 2 rings (SSSR count). The Morgan fingerprint density at radius 3 is 2.45 bits per heavy atom. The van der Waals surface area contributed by atoms with E-state index in [2.05, 4.69) is 31.9 Å². The summed E-state index contributed by atoms with van der Waals surface area (Å²) in [5.41, 5.74) is 2.03. The van der Waals surface area contributed by atoms with Crippen LogP contribution in [-0.2, 0) is 0 Å². The zero-order chi connectivity index (χ0) is 14.9. The highest BCUT2D eigenvalue weighted by Gasteiger charge is 2.19. The molecular formula is C15H13Br2FO2. The van der Waals surface area contributed by atoms with Crippen molar-refractivity contribution in [3.05, 3.63) is 61.8 Å². The van der Waals surface area contributed by atoms with Gasteiger partial charge in [0.05, 0.1) is 7.11 Å². The number of aliphatic hydroxyl groups is 1. The van der Waals surface area contributed by atoms with Crippen LogP contribution in [0.2, 0.25) is 0 Å². The van der Waals surface area contributed by atoms with Crippen molar-refractivity contribution in [2.24, 2.45) is 0 Å². The first-order chi connectivity index (χ1) is 9.43. The van der Waals surface area contributed by atoms with Crippen molar-refractivity contribution in [2.75, 3.05) is 7.11 Å². The van der Waals surface area contributed by atoms with E-state index >= 15 is 0 Å². The average molecular weight is 404 g/mol. The molecule has 2 aromatic carbocycles. The van der Waals surface area contributed by atoms with E-state index in [0.717, 1.165) is 10.0 Å². The summed E-state index contributed by atoms with van der Waals surface area (Å²) in [4.78, 5) is 0.